The fourth-order valence-corrected chi connectivity index (χ4v) is 2.21. The van der Waals surface area contributed by atoms with Crippen molar-refractivity contribution in [2.75, 3.05) is 24.7 Å². The largest absolute Gasteiger partial charge is 0.395 e. The topological polar surface area (TPSA) is 61.4 Å². The van der Waals surface area contributed by atoms with Gasteiger partial charge in [0, 0.05) is 18.3 Å². The third-order valence-corrected chi connectivity index (χ3v) is 2.82. The average Bonchev–Trinajstić information content (AvgIpc) is 2.53. The maximum atomic E-state index is 11.0. The second-order valence-corrected chi connectivity index (χ2v) is 3.83. The molecule has 0 aromatic carbocycles. The summed E-state index contributed by atoms with van der Waals surface area (Å²) in [6, 6.07) is 0.144. The predicted octanol–water partition coefficient (Wildman–Crippen LogP) is -0.217. The molecule has 1 fully saturated rings. The summed E-state index contributed by atoms with van der Waals surface area (Å²) in [5, 5.41) is 13.8. The molecule has 0 spiro atoms. The van der Waals surface area contributed by atoms with Crippen LogP contribution in [0.1, 0.15) is 6.42 Å². The molecule has 3 N–H and O–H groups in total. The molecule has 0 bridgehead atoms. The number of aliphatic hydroxyl groups is 1. The lowest BCUT2D eigenvalue weighted by molar-refractivity contribution is 0.231. The highest BCUT2D eigenvalue weighted by Gasteiger charge is 2.16. The van der Waals surface area contributed by atoms with Crippen molar-refractivity contribution < 1.29 is 9.90 Å². The molecule has 0 radical (unpaired) electrons. The summed E-state index contributed by atoms with van der Waals surface area (Å²) in [7, 11) is 0. The second-order valence-electron chi connectivity index (χ2n) is 2.68. The lowest BCUT2D eigenvalue weighted by Crippen LogP contribution is -2.42. The van der Waals surface area contributed by atoms with E-state index in [1.165, 1.54) is 0 Å². The molecular weight excluding hydrogens is 176 g/mol. The molecular formula is C7H14N2O2S. The number of nitrogens with one attached hydrogen (secondary N) is 2. The third kappa shape index (κ3) is 3.32. The van der Waals surface area contributed by atoms with Crippen molar-refractivity contribution in [2.45, 2.75) is 12.5 Å². The molecule has 0 aromatic rings. The highest BCUT2D eigenvalue weighted by atomic mass is 32.2. The molecule has 1 saturated heterocycles. The van der Waals surface area contributed by atoms with Crippen LogP contribution in [0.4, 0.5) is 4.79 Å². The van der Waals surface area contributed by atoms with Gasteiger partial charge in [-0.3, -0.25) is 0 Å². The van der Waals surface area contributed by atoms with E-state index in [0.29, 0.717) is 12.6 Å². The van der Waals surface area contributed by atoms with Crippen LogP contribution in [0.5, 0.6) is 0 Å². The first-order valence-corrected chi connectivity index (χ1v) is 5.21. The molecule has 1 heterocycles. The quantitative estimate of drug-likeness (QED) is 0.577. The summed E-state index contributed by atoms with van der Waals surface area (Å²) >= 11 is 1.86. The molecule has 1 aliphatic heterocycles. The van der Waals surface area contributed by atoms with Crippen molar-refractivity contribution >= 4 is 17.8 Å². The first-order valence-electron chi connectivity index (χ1n) is 4.06. The number of carbonyl (C=O) groups is 1. The zero-order chi connectivity index (χ0) is 8.81. The Hall–Kier alpha value is -0.420. The van der Waals surface area contributed by atoms with Crippen molar-refractivity contribution in [3.8, 4) is 0 Å². The minimum absolute atomic E-state index is 0.00711. The standard InChI is InChI=1S/C7H14N2O2S/c10-3-2-8-7(11)9-6-1-4-12-5-6/h6,10H,1-5H2,(H2,8,9,11). The smallest absolute Gasteiger partial charge is 0.315 e. The number of aliphatic hydroxyl groups excluding tert-OH is 1. The van der Waals surface area contributed by atoms with Gasteiger partial charge in [0.1, 0.15) is 0 Å². The molecule has 0 saturated carbocycles. The molecule has 1 unspecified atom stereocenters. The minimum atomic E-state index is -0.170. The number of carbonyl (C=O) groups excluding carboxylic acids is 1. The molecule has 1 atom stereocenters. The van der Waals surface area contributed by atoms with E-state index in [0.717, 1.165) is 17.9 Å². The average molecular weight is 190 g/mol. The van der Waals surface area contributed by atoms with E-state index in [1.807, 2.05) is 11.8 Å². The Morgan fingerprint density at radius 2 is 2.50 bits per heavy atom. The Labute approximate surface area is 76.1 Å². The van der Waals surface area contributed by atoms with Crippen LogP contribution in [0.3, 0.4) is 0 Å². The summed E-state index contributed by atoms with van der Waals surface area (Å²) in [5.74, 6) is 2.14. The molecule has 12 heavy (non-hydrogen) atoms. The third-order valence-electron chi connectivity index (χ3n) is 1.66. The van der Waals surface area contributed by atoms with Crippen molar-refractivity contribution in [1.82, 2.24) is 10.6 Å². The molecule has 0 aliphatic carbocycles. The highest BCUT2D eigenvalue weighted by molar-refractivity contribution is 7.99. The Morgan fingerprint density at radius 1 is 1.67 bits per heavy atom. The predicted molar refractivity (Wildman–Crippen MR) is 49.4 cm³/mol. The number of rotatable bonds is 3. The van der Waals surface area contributed by atoms with E-state index in [1.54, 1.807) is 0 Å². The summed E-state index contributed by atoms with van der Waals surface area (Å²) in [4.78, 5) is 11.0. The monoisotopic (exact) mass is 190 g/mol. The van der Waals surface area contributed by atoms with Gasteiger partial charge in [-0.2, -0.15) is 11.8 Å². The number of urea groups is 1. The Balaban J connectivity index is 2.08. The van der Waals surface area contributed by atoms with Gasteiger partial charge in [-0.05, 0) is 12.2 Å². The molecule has 2 amide bonds. The lowest BCUT2D eigenvalue weighted by Gasteiger charge is -2.11. The molecule has 4 nitrogen and oxygen atoms in total. The van der Waals surface area contributed by atoms with Crippen LogP contribution in [-0.4, -0.2) is 41.8 Å². The van der Waals surface area contributed by atoms with Crippen LogP contribution in [-0.2, 0) is 0 Å². The number of hydrogen-bond donors (Lipinski definition) is 3. The van der Waals surface area contributed by atoms with Crippen molar-refractivity contribution in [3.63, 3.8) is 0 Å². The van der Waals surface area contributed by atoms with Gasteiger partial charge in [0.2, 0.25) is 0 Å². The van der Waals surface area contributed by atoms with Crippen LogP contribution in [0.2, 0.25) is 0 Å². The van der Waals surface area contributed by atoms with E-state index in [4.69, 9.17) is 5.11 Å². The maximum Gasteiger partial charge on any atom is 0.315 e. The normalized spacial score (nSPS) is 22.2. The van der Waals surface area contributed by atoms with E-state index in [2.05, 4.69) is 10.6 Å². The fourth-order valence-electron chi connectivity index (χ4n) is 1.05. The highest BCUT2D eigenvalue weighted by Crippen LogP contribution is 2.16. The Kier molecular flexibility index (Phi) is 4.24. The lowest BCUT2D eigenvalue weighted by atomic mass is 10.3. The Morgan fingerprint density at radius 3 is 3.08 bits per heavy atom. The summed E-state index contributed by atoms with van der Waals surface area (Å²) in [6.07, 6.45) is 1.05. The minimum Gasteiger partial charge on any atom is -0.395 e. The fraction of sp³-hybridized carbons (Fsp3) is 0.857. The van der Waals surface area contributed by atoms with Crippen molar-refractivity contribution in [2.24, 2.45) is 0 Å². The van der Waals surface area contributed by atoms with Gasteiger partial charge in [-0.25, -0.2) is 4.79 Å². The van der Waals surface area contributed by atoms with Crippen molar-refractivity contribution in [3.05, 3.63) is 0 Å². The molecule has 5 heteroatoms. The van der Waals surface area contributed by atoms with Crippen LogP contribution in [0.25, 0.3) is 0 Å². The van der Waals surface area contributed by atoms with E-state index in [9.17, 15) is 4.79 Å². The number of amides is 2. The number of hydrogen-bond acceptors (Lipinski definition) is 3. The zero-order valence-corrected chi connectivity index (χ0v) is 7.69. The molecule has 1 rings (SSSR count). The van der Waals surface area contributed by atoms with Crippen LogP contribution in [0, 0.1) is 0 Å². The summed E-state index contributed by atoms with van der Waals surface area (Å²) in [6.45, 7) is 0.318. The van der Waals surface area contributed by atoms with Crippen molar-refractivity contribution in [1.29, 1.82) is 0 Å². The van der Waals surface area contributed by atoms with E-state index in [-0.39, 0.29) is 12.6 Å². The molecule has 0 aromatic heterocycles. The summed E-state index contributed by atoms with van der Waals surface area (Å²) < 4.78 is 0. The first kappa shape index (κ1) is 9.67. The first-order chi connectivity index (χ1) is 5.83. The van der Waals surface area contributed by atoms with Gasteiger partial charge < -0.3 is 15.7 Å². The van der Waals surface area contributed by atoms with Gasteiger partial charge >= 0.3 is 6.03 Å². The van der Waals surface area contributed by atoms with Gasteiger partial charge in [-0.1, -0.05) is 0 Å². The van der Waals surface area contributed by atoms with E-state index >= 15 is 0 Å². The van der Waals surface area contributed by atoms with Gasteiger partial charge in [0.25, 0.3) is 0 Å². The van der Waals surface area contributed by atoms with Gasteiger partial charge in [0.15, 0.2) is 0 Å². The van der Waals surface area contributed by atoms with Gasteiger partial charge in [-0.15, -0.1) is 0 Å². The van der Waals surface area contributed by atoms with E-state index < -0.39 is 0 Å². The molecule has 70 valence electrons. The second kappa shape index (κ2) is 5.27. The zero-order valence-electron chi connectivity index (χ0n) is 6.88. The number of thioether (sulfide) groups is 1. The van der Waals surface area contributed by atoms with Crippen LogP contribution in [0.15, 0.2) is 0 Å². The SMILES string of the molecule is O=C(NCCO)NC1CCSC1. The Bertz CT molecular complexity index is 148. The molecule has 1 aliphatic rings. The van der Waals surface area contributed by atoms with Crippen LogP contribution < -0.4 is 10.6 Å². The summed E-state index contributed by atoms with van der Waals surface area (Å²) in [5.41, 5.74) is 0. The maximum absolute atomic E-state index is 11.0. The van der Waals surface area contributed by atoms with Crippen LogP contribution >= 0.6 is 11.8 Å². The van der Waals surface area contributed by atoms with Gasteiger partial charge in [0.05, 0.1) is 6.61 Å².